The van der Waals surface area contributed by atoms with Crippen LogP contribution in [0.5, 0.6) is 11.5 Å². The van der Waals surface area contributed by atoms with Crippen LogP contribution in [0.1, 0.15) is 24.2 Å². The van der Waals surface area contributed by atoms with Gasteiger partial charge in [-0.3, -0.25) is 0 Å². The minimum absolute atomic E-state index is 0.438. The van der Waals surface area contributed by atoms with Crippen LogP contribution >= 0.6 is 0 Å². The summed E-state index contributed by atoms with van der Waals surface area (Å²) < 4.78 is 11.0. The van der Waals surface area contributed by atoms with Crippen molar-refractivity contribution in [1.82, 2.24) is 0 Å². The van der Waals surface area contributed by atoms with Crippen molar-refractivity contribution in [3.63, 3.8) is 0 Å². The molecular formula is C16H18O3. The molecule has 19 heavy (non-hydrogen) atoms. The van der Waals surface area contributed by atoms with Crippen molar-refractivity contribution in [3.8, 4) is 11.5 Å². The molecular weight excluding hydrogens is 240 g/mol. The second-order valence-electron chi connectivity index (χ2n) is 4.35. The Bertz CT molecular complexity index is 535. The number of para-hydroxylation sites is 1. The topological polar surface area (TPSA) is 38.7 Å². The molecule has 0 saturated carbocycles. The van der Waals surface area contributed by atoms with Gasteiger partial charge >= 0.3 is 0 Å². The summed E-state index contributed by atoms with van der Waals surface area (Å²) in [7, 11) is 1.65. The van der Waals surface area contributed by atoms with Gasteiger partial charge in [-0.05, 0) is 30.7 Å². The third kappa shape index (κ3) is 3.48. The van der Waals surface area contributed by atoms with E-state index in [1.54, 1.807) is 14.0 Å². The second-order valence-corrected chi connectivity index (χ2v) is 4.35. The monoisotopic (exact) mass is 258 g/mol. The number of benzene rings is 2. The SMILES string of the molecule is COc1ccccc1COc1cccc(C(C)O)c1. The summed E-state index contributed by atoms with van der Waals surface area (Å²) in [4.78, 5) is 0. The Kier molecular flexibility index (Phi) is 4.42. The zero-order chi connectivity index (χ0) is 13.7. The highest BCUT2D eigenvalue weighted by molar-refractivity contribution is 5.34. The summed E-state index contributed by atoms with van der Waals surface area (Å²) >= 11 is 0. The van der Waals surface area contributed by atoms with E-state index in [0.717, 1.165) is 22.6 Å². The van der Waals surface area contributed by atoms with Gasteiger partial charge in [0.25, 0.3) is 0 Å². The molecule has 2 aromatic carbocycles. The minimum atomic E-state index is -0.491. The van der Waals surface area contributed by atoms with Crippen LogP contribution in [0.3, 0.4) is 0 Å². The van der Waals surface area contributed by atoms with E-state index in [2.05, 4.69) is 0 Å². The van der Waals surface area contributed by atoms with E-state index >= 15 is 0 Å². The number of methoxy groups -OCH3 is 1. The predicted molar refractivity (Wildman–Crippen MR) is 74.4 cm³/mol. The molecule has 3 nitrogen and oxygen atoms in total. The molecule has 0 bridgehead atoms. The van der Waals surface area contributed by atoms with E-state index in [0.29, 0.717) is 6.61 Å². The fourth-order valence-corrected chi connectivity index (χ4v) is 1.85. The lowest BCUT2D eigenvalue weighted by Crippen LogP contribution is -1.99. The number of ether oxygens (including phenoxy) is 2. The lowest BCUT2D eigenvalue weighted by atomic mass is 10.1. The second kappa shape index (κ2) is 6.25. The van der Waals surface area contributed by atoms with E-state index in [1.807, 2.05) is 48.5 Å². The van der Waals surface area contributed by atoms with Gasteiger partial charge in [0.15, 0.2) is 0 Å². The molecule has 0 heterocycles. The smallest absolute Gasteiger partial charge is 0.125 e. The van der Waals surface area contributed by atoms with Crippen LogP contribution in [-0.4, -0.2) is 12.2 Å². The molecule has 0 aliphatic heterocycles. The fraction of sp³-hybridized carbons (Fsp3) is 0.250. The Morgan fingerprint density at radius 3 is 2.63 bits per heavy atom. The van der Waals surface area contributed by atoms with E-state index in [-0.39, 0.29) is 0 Å². The van der Waals surface area contributed by atoms with Gasteiger partial charge in [-0.25, -0.2) is 0 Å². The Labute approximate surface area is 113 Å². The van der Waals surface area contributed by atoms with Gasteiger partial charge < -0.3 is 14.6 Å². The van der Waals surface area contributed by atoms with Crippen molar-refractivity contribution in [2.24, 2.45) is 0 Å². The Morgan fingerprint density at radius 1 is 1.11 bits per heavy atom. The average Bonchev–Trinajstić information content (AvgIpc) is 2.45. The molecule has 0 amide bonds. The molecule has 3 heteroatoms. The van der Waals surface area contributed by atoms with Gasteiger partial charge in [0.2, 0.25) is 0 Å². The summed E-state index contributed by atoms with van der Waals surface area (Å²) in [6.45, 7) is 2.17. The van der Waals surface area contributed by atoms with Crippen LogP contribution in [-0.2, 0) is 6.61 Å². The van der Waals surface area contributed by atoms with Crippen LogP contribution in [0.15, 0.2) is 48.5 Å². The maximum atomic E-state index is 9.54. The van der Waals surface area contributed by atoms with Gasteiger partial charge in [-0.15, -0.1) is 0 Å². The molecule has 0 spiro atoms. The molecule has 1 atom stereocenters. The third-order valence-electron chi connectivity index (χ3n) is 2.93. The van der Waals surface area contributed by atoms with Crippen molar-refractivity contribution < 1.29 is 14.6 Å². The summed E-state index contributed by atoms with van der Waals surface area (Å²) in [5.41, 5.74) is 1.84. The van der Waals surface area contributed by atoms with E-state index in [1.165, 1.54) is 0 Å². The Hall–Kier alpha value is -2.00. The average molecular weight is 258 g/mol. The quantitative estimate of drug-likeness (QED) is 0.894. The molecule has 100 valence electrons. The highest BCUT2D eigenvalue weighted by atomic mass is 16.5. The van der Waals surface area contributed by atoms with Crippen molar-refractivity contribution in [2.45, 2.75) is 19.6 Å². The van der Waals surface area contributed by atoms with Crippen LogP contribution in [0.2, 0.25) is 0 Å². The molecule has 0 fully saturated rings. The van der Waals surface area contributed by atoms with Gasteiger partial charge in [-0.1, -0.05) is 30.3 Å². The molecule has 2 aromatic rings. The first-order valence-electron chi connectivity index (χ1n) is 6.23. The first kappa shape index (κ1) is 13.4. The Balaban J connectivity index is 2.08. The number of rotatable bonds is 5. The third-order valence-corrected chi connectivity index (χ3v) is 2.93. The molecule has 1 unspecified atom stereocenters. The maximum Gasteiger partial charge on any atom is 0.125 e. The number of aliphatic hydroxyl groups excluding tert-OH is 1. The van der Waals surface area contributed by atoms with Crippen molar-refractivity contribution in [1.29, 1.82) is 0 Å². The van der Waals surface area contributed by atoms with Crippen molar-refractivity contribution >= 4 is 0 Å². The summed E-state index contributed by atoms with van der Waals surface area (Å²) in [6, 6.07) is 15.2. The summed E-state index contributed by atoms with van der Waals surface area (Å²) in [6.07, 6.45) is -0.491. The fourth-order valence-electron chi connectivity index (χ4n) is 1.85. The standard InChI is InChI=1S/C16H18O3/c1-12(17)13-7-5-8-15(10-13)19-11-14-6-3-4-9-16(14)18-2/h3-10,12,17H,11H2,1-2H3. The highest BCUT2D eigenvalue weighted by Crippen LogP contribution is 2.22. The molecule has 0 aromatic heterocycles. The maximum absolute atomic E-state index is 9.54. The van der Waals surface area contributed by atoms with Crippen LogP contribution in [0, 0.1) is 0 Å². The number of aliphatic hydroxyl groups is 1. The molecule has 0 aliphatic carbocycles. The van der Waals surface area contributed by atoms with Gasteiger partial charge in [0, 0.05) is 5.56 Å². The minimum Gasteiger partial charge on any atom is -0.496 e. The number of hydrogen-bond donors (Lipinski definition) is 1. The highest BCUT2D eigenvalue weighted by Gasteiger charge is 2.05. The summed E-state index contributed by atoms with van der Waals surface area (Å²) in [5.74, 6) is 1.55. The Morgan fingerprint density at radius 2 is 1.89 bits per heavy atom. The number of hydrogen-bond acceptors (Lipinski definition) is 3. The molecule has 2 rings (SSSR count). The lowest BCUT2D eigenvalue weighted by molar-refractivity contribution is 0.198. The zero-order valence-corrected chi connectivity index (χ0v) is 11.2. The summed E-state index contributed by atoms with van der Waals surface area (Å²) in [5, 5.41) is 9.54. The van der Waals surface area contributed by atoms with Crippen molar-refractivity contribution in [2.75, 3.05) is 7.11 Å². The molecule has 1 N–H and O–H groups in total. The molecule has 0 radical (unpaired) electrons. The van der Waals surface area contributed by atoms with Crippen LogP contribution in [0.25, 0.3) is 0 Å². The predicted octanol–water partition coefficient (Wildman–Crippen LogP) is 3.33. The first-order chi connectivity index (χ1) is 9.20. The van der Waals surface area contributed by atoms with E-state index in [9.17, 15) is 5.11 Å². The van der Waals surface area contributed by atoms with Gasteiger partial charge in [0.05, 0.1) is 13.2 Å². The van der Waals surface area contributed by atoms with Gasteiger partial charge in [0.1, 0.15) is 18.1 Å². The van der Waals surface area contributed by atoms with E-state index in [4.69, 9.17) is 9.47 Å². The molecule has 0 saturated heterocycles. The van der Waals surface area contributed by atoms with E-state index < -0.39 is 6.10 Å². The van der Waals surface area contributed by atoms with Crippen LogP contribution < -0.4 is 9.47 Å². The van der Waals surface area contributed by atoms with Crippen LogP contribution in [0.4, 0.5) is 0 Å². The molecule has 0 aliphatic rings. The normalized spacial score (nSPS) is 11.9. The lowest BCUT2D eigenvalue weighted by Gasteiger charge is -2.11. The zero-order valence-electron chi connectivity index (χ0n) is 11.2. The van der Waals surface area contributed by atoms with Crippen molar-refractivity contribution in [3.05, 3.63) is 59.7 Å². The largest absolute Gasteiger partial charge is 0.496 e. The van der Waals surface area contributed by atoms with Gasteiger partial charge in [-0.2, -0.15) is 0 Å². The first-order valence-corrected chi connectivity index (χ1v) is 6.23.